The van der Waals surface area contributed by atoms with E-state index in [1.807, 2.05) is 54.6 Å². The molecule has 0 saturated carbocycles. The van der Waals surface area contributed by atoms with Crippen LogP contribution in [0.1, 0.15) is 17.3 Å². The van der Waals surface area contributed by atoms with E-state index in [1.54, 1.807) is 6.21 Å². The Hall–Kier alpha value is -3.49. The molecular weight excluding hydrogens is 571 g/mol. The van der Waals surface area contributed by atoms with Crippen LogP contribution in [0.15, 0.2) is 77.9 Å². The zero-order valence-corrected chi connectivity index (χ0v) is 23.8. The Morgan fingerprint density at radius 1 is 0.925 bits per heavy atom. The number of amides is 1. The van der Waals surface area contributed by atoms with E-state index in [2.05, 4.69) is 20.3 Å². The van der Waals surface area contributed by atoms with Crippen molar-refractivity contribution in [3.63, 3.8) is 0 Å². The van der Waals surface area contributed by atoms with Gasteiger partial charge in [-0.1, -0.05) is 59.1 Å². The van der Waals surface area contributed by atoms with Crippen LogP contribution in [0, 0.1) is 0 Å². The fourth-order valence-corrected chi connectivity index (χ4v) is 5.08. The first-order valence-electron chi connectivity index (χ1n) is 12.8. The summed E-state index contributed by atoms with van der Waals surface area (Å²) in [6.07, 6.45) is 1.60. The molecule has 0 radical (unpaired) electrons. The van der Waals surface area contributed by atoms with Crippen LogP contribution >= 0.6 is 34.8 Å². The third kappa shape index (κ3) is 6.62. The smallest absolute Gasteiger partial charge is 0.271 e. The van der Waals surface area contributed by atoms with E-state index in [0.29, 0.717) is 22.2 Å². The molecule has 0 unspecified atom stereocenters. The molecule has 0 spiro atoms. The molecular formula is C30H29Cl3N4O3. The predicted octanol–water partition coefficient (Wildman–Crippen LogP) is 6.72. The second-order valence-corrected chi connectivity index (χ2v) is 10.6. The van der Waals surface area contributed by atoms with E-state index >= 15 is 0 Å². The Labute approximate surface area is 249 Å². The molecule has 1 amide bonds. The molecule has 0 atom stereocenters. The summed E-state index contributed by atoms with van der Waals surface area (Å²) in [5, 5.41) is 16.8. The third-order valence-corrected chi connectivity index (χ3v) is 7.84. The maximum absolute atomic E-state index is 12.4. The fourth-order valence-electron chi connectivity index (χ4n) is 4.60. The van der Waals surface area contributed by atoms with Gasteiger partial charge < -0.3 is 14.7 Å². The molecule has 40 heavy (non-hydrogen) atoms. The van der Waals surface area contributed by atoms with E-state index in [-0.39, 0.29) is 12.2 Å². The number of phenols is 1. The van der Waals surface area contributed by atoms with Crippen molar-refractivity contribution in [2.24, 2.45) is 5.10 Å². The third-order valence-electron chi connectivity index (χ3n) is 6.80. The Bertz CT molecular complexity index is 1560. The lowest BCUT2D eigenvalue weighted by molar-refractivity contribution is 0.0955. The average molecular weight is 600 g/mol. The zero-order chi connectivity index (χ0) is 28.1. The highest BCUT2D eigenvalue weighted by Crippen LogP contribution is 2.29. The molecule has 4 aromatic carbocycles. The van der Waals surface area contributed by atoms with Gasteiger partial charge in [-0.05, 0) is 53.9 Å². The number of halogens is 3. The largest absolute Gasteiger partial charge is 0.506 e. The SMILES string of the molecule is O=C(N/N=C/c1ccc(OCCN2CCN(c3ccc(Cl)c(Cl)c3)CC2)c2ccccc12)c1ccc(O)c(Cl)c1.[HH]. The summed E-state index contributed by atoms with van der Waals surface area (Å²) in [4.78, 5) is 17.1. The summed E-state index contributed by atoms with van der Waals surface area (Å²) in [6.45, 7) is 5.07. The molecule has 10 heteroatoms. The van der Waals surface area contributed by atoms with Gasteiger partial charge in [0.2, 0.25) is 0 Å². The minimum absolute atomic E-state index is 0. The van der Waals surface area contributed by atoms with E-state index < -0.39 is 5.91 Å². The molecule has 1 aliphatic heterocycles. The maximum Gasteiger partial charge on any atom is 0.271 e. The van der Waals surface area contributed by atoms with Crippen LogP contribution < -0.4 is 15.1 Å². The summed E-state index contributed by atoms with van der Waals surface area (Å²) in [5.74, 6) is 0.281. The van der Waals surface area contributed by atoms with Gasteiger partial charge in [0.1, 0.15) is 18.1 Å². The second kappa shape index (κ2) is 12.8. The van der Waals surface area contributed by atoms with E-state index in [1.165, 1.54) is 18.2 Å². The number of aromatic hydroxyl groups is 1. The number of carbonyl (C=O) groups excluding carboxylic acids is 1. The number of nitrogens with one attached hydrogen (secondary N) is 1. The molecule has 0 aromatic heterocycles. The average Bonchev–Trinajstić information content (AvgIpc) is 2.97. The molecule has 2 N–H and O–H groups in total. The Morgan fingerprint density at radius 3 is 2.45 bits per heavy atom. The number of phenolic OH excluding ortho intramolecular Hbond substituents is 1. The fraction of sp³-hybridized carbons (Fsp3) is 0.200. The second-order valence-electron chi connectivity index (χ2n) is 9.34. The predicted molar refractivity (Wildman–Crippen MR) is 165 cm³/mol. The summed E-state index contributed by atoms with van der Waals surface area (Å²) < 4.78 is 6.20. The van der Waals surface area contributed by atoms with Crippen molar-refractivity contribution in [3.05, 3.63) is 99.0 Å². The summed E-state index contributed by atoms with van der Waals surface area (Å²) in [6, 6.07) is 21.8. The Kier molecular flexibility index (Phi) is 8.97. The molecule has 208 valence electrons. The Balaban J connectivity index is 0.00000387. The standard InChI is InChI=1S/C30H27Cl3N4O3.H2/c31-25-8-7-22(18-26(25)32)37-13-11-36(12-14-37)15-16-40-29-10-6-21(23-3-1-2-4-24(23)29)19-34-35-30(39)20-5-9-28(38)27(33)17-20;/h1-10,17-19,38H,11-16H2,(H,35,39);1H/b34-19+;. The molecule has 1 fully saturated rings. The lowest BCUT2D eigenvalue weighted by atomic mass is 10.0. The molecule has 0 aliphatic carbocycles. The number of nitrogens with zero attached hydrogens (tertiary/aromatic N) is 3. The Morgan fingerprint density at radius 2 is 1.70 bits per heavy atom. The van der Waals surface area contributed by atoms with Gasteiger partial charge in [0, 0.05) is 56.4 Å². The summed E-state index contributed by atoms with van der Waals surface area (Å²) >= 11 is 18.1. The quantitative estimate of drug-likeness (QED) is 0.174. The molecule has 1 aliphatic rings. The van der Waals surface area contributed by atoms with Crippen molar-refractivity contribution in [1.29, 1.82) is 0 Å². The van der Waals surface area contributed by atoms with E-state index in [4.69, 9.17) is 39.5 Å². The van der Waals surface area contributed by atoms with Crippen molar-refractivity contribution < 1.29 is 16.1 Å². The molecule has 4 aromatic rings. The highest BCUT2D eigenvalue weighted by molar-refractivity contribution is 6.42. The first-order valence-corrected chi connectivity index (χ1v) is 13.9. The zero-order valence-electron chi connectivity index (χ0n) is 21.5. The van der Waals surface area contributed by atoms with Crippen molar-refractivity contribution in [2.45, 2.75) is 0 Å². The lowest BCUT2D eigenvalue weighted by Crippen LogP contribution is -2.47. The van der Waals surface area contributed by atoms with Gasteiger partial charge in [0.25, 0.3) is 5.91 Å². The molecule has 1 saturated heterocycles. The number of anilines is 1. The van der Waals surface area contributed by atoms with Crippen LogP contribution in [-0.4, -0.2) is 61.5 Å². The molecule has 5 rings (SSSR count). The monoisotopic (exact) mass is 598 g/mol. The minimum atomic E-state index is -0.430. The van der Waals surface area contributed by atoms with Gasteiger partial charge in [-0.3, -0.25) is 9.69 Å². The topological polar surface area (TPSA) is 77.4 Å². The van der Waals surface area contributed by atoms with Crippen molar-refractivity contribution in [2.75, 3.05) is 44.2 Å². The number of rotatable bonds is 8. The van der Waals surface area contributed by atoms with Gasteiger partial charge in [-0.15, -0.1) is 0 Å². The highest BCUT2D eigenvalue weighted by Gasteiger charge is 2.18. The first-order chi connectivity index (χ1) is 19.4. The number of carbonyl (C=O) groups is 1. The van der Waals surface area contributed by atoms with Crippen LogP contribution in [0.5, 0.6) is 11.5 Å². The van der Waals surface area contributed by atoms with Gasteiger partial charge in [-0.2, -0.15) is 5.10 Å². The van der Waals surface area contributed by atoms with Gasteiger partial charge >= 0.3 is 0 Å². The number of fused-ring (bicyclic) bond motifs is 1. The van der Waals surface area contributed by atoms with Gasteiger partial charge in [0.15, 0.2) is 0 Å². The van der Waals surface area contributed by atoms with Crippen LogP contribution in [0.25, 0.3) is 10.8 Å². The van der Waals surface area contributed by atoms with E-state index in [9.17, 15) is 9.90 Å². The summed E-state index contributed by atoms with van der Waals surface area (Å²) in [7, 11) is 0. The molecule has 7 nitrogen and oxygen atoms in total. The van der Waals surface area contributed by atoms with Gasteiger partial charge in [0.05, 0.1) is 21.3 Å². The number of hydrogen-bond donors (Lipinski definition) is 2. The van der Waals surface area contributed by atoms with Crippen molar-refractivity contribution >= 4 is 63.4 Å². The van der Waals surface area contributed by atoms with Crippen LogP contribution in [-0.2, 0) is 0 Å². The highest BCUT2D eigenvalue weighted by atomic mass is 35.5. The van der Waals surface area contributed by atoms with Crippen molar-refractivity contribution in [1.82, 2.24) is 10.3 Å². The number of hydrogen-bond acceptors (Lipinski definition) is 6. The van der Waals surface area contributed by atoms with E-state index in [0.717, 1.165) is 60.5 Å². The number of piperazine rings is 1. The first kappa shape index (κ1) is 28.1. The molecule has 0 bridgehead atoms. The van der Waals surface area contributed by atoms with Crippen molar-refractivity contribution in [3.8, 4) is 11.5 Å². The lowest BCUT2D eigenvalue weighted by Gasteiger charge is -2.36. The van der Waals surface area contributed by atoms with Crippen LogP contribution in [0.4, 0.5) is 5.69 Å². The molecule has 1 heterocycles. The minimum Gasteiger partial charge on any atom is -0.506 e. The van der Waals surface area contributed by atoms with Crippen LogP contribution in [0.2, 0.25) is 15.1 Å². The number of ether oxygens (including phenoxy) is 1. The normalized spacial score (nSPS) is 14.1. The number of benzene rings is 4. The maximum atomic E-state index is 12.4. The van der Waals surface area contributed by atoms with Gasteiger partial charge in [-0.25, -0.2) is 5.43 Å². The summed E-state index contributed by atoms with van der Waals surface area (Å²) in [5.41, 5.74) is 4.72. The number of hydrazone groups is 1. The van der Waals surface area contributed by atoms with Crippen LogP contribution in [0.3, 0.4) is 0 Å².